The lowest BCUT2D eigenvalue weighted by Crippen LogP contribution is -2.33. The van der Waals surface area contributed by atoms with E-state index in [4.69, 9.17) is 0 Å². The molecule has 1 saturated heterocycles. The number of urea groups is 1. The summed E-state index contributed by atoms with van der Waals surface area (Å²) in [5.74, 6) is 0.751. The fourth-order valence-electron chi connectivity index (χ4n) is 2.20. The first-order valence-electron chi connectivity index (χ1n) is 5.40. The molecular weight excluding hydrogens is 202 g/mol. The average Bonchev–Trinajstić information content (AvgIpc) is 2.56. The first kappa shape index (κ1) is 9.39. The van der Waals surface area contributed by atoms with Crippen LogP contribution in [0.2, 0.25) is 0 Å². The number of benzene rings is 1. The van der Waals surface area contributed by atoms with Gasteiger partial charge in [0.25, 0.3) is 0 Å². The molecule has 4 nitrogen and oxygen atoms in total. The van der Waals surface area contributed by atoms with E-state index in [-0.39, 0.29) is 12.1 Å². The average molecular weight is 215 g/mol. The van der Waals surface area contributed by atoms with Crippen molar-refractivity contribution in [2.45, 2.75) is 26.3 Å². The summed E-state index contributed by atoms with van der Waals surface area (Å²) in [6.45, 7) is 4.17. The third-order valence-corrected chi connectivity index (χ3v) is 3.24. The second-order valence-electron chi connectivity index (χ2n) is 4.42. The zero-order chi connectivity index (χ0) is 11.3. The fraction of sp³-hybridized carbons (Fsp3) is 0.333. The van der Waals surface area contributed by atoms with Crippen molar-refractivity contribution in [3.05, 3.63) is 28.8 Å². The van der Waals surface area contributed by atoms with Crippen LogP contribution in [0.15, 0.2) is 17.1 Å². The number of amides is 2. The molecule has 0 bridgehead atoms. The van der Waals surface area contributed by atoms with E-state index >= 15 is 0 Å². The number of rotatable bonds is 0. The number of hydrogen-bond acceptors (Lipinski definition) is 2. The van der Waals surface area contributed by atoms with Gasteiger partial charge < -0.3 is 5.32 Å². The van der Waals surface area contributed by atoms with Crippen molar-refractivity contribution < 1.29 is 4.79 Å². The van der Waals surface area contributed by atoms with Gasteiger partial charge in [-0.2, -0.15) is 0 Å². The molecule has 0 saturated carbocycles. The van der Waals surface area contributed by atoms with Crippen LogP contribution in [0.4, 0.5) is 10.5 Å². The Morgan fingerprint density at radius 3 is 2.88 bits per heavy atom. The van der Waals surface area contributed by atoms with Crippen molar-refractivity contribution >= 4 is 17.6 Å². The van der Waals surface area contributed by atoms with Crippen LogP contribution in [0.5, 0.6) is 0 Å². The van der Waals surface area contributed by atoms with Gasteiger partial charge in [-0.25, -0.2) is 9.79 Å². The van der Waals surface area contributed by atoms with E-state index in [0.29, 0.717) is 0 Å². The van der Waals surface area contributed by atoms with E-state index in [1.165, 1.54) is 16.7 Å². The van der Waals surface area contributed by atoms with Gasteiger partial charge in [-0.3, -0.25) is 5.32 Å². The van der Waals surface area contributed by atoms with Gasteiger partial charge in [0.2, 0.25) is 0 Å². The van der Waals surface area contributed by atoms with Crippen LogP contribution < -0.4 is 10.6 Å². The molecule has 1 atom stereocenters. The molecule has 0 aromatic heterocycles. The van der Waals surface area contributed by atoms with Gasteiger partial charge in [0, 0.05) is 6.42 Å². The number of nitrogens with one attached hydrogen (secondary N) is 2. The first-order chi connectivity index (χ1) is 7.63. The Kier molecular flexibility index (Phi) is 1.80. The summed E-state index contributed by atoms with van der Waals surface area (Å²) < 4.78 is 0. The minimum absolute atomic E-state index is 0.0297. The van der Waals surface area contributed by atoms with Gasteiger partial charge in [-0.15, -0.1) is 0 Å². The van der Waals surface area contributed by atoms with Crippen molar-refractivity contribution in [1.29, 1.82) is 0 Å². The van der Waals surface area contributed by atoms with Crippen LogP contribution in [0.1, 0.15) is 16.7 Å². The van der Waals surface area contributed by atoms with Crippen LogP contribution >= 0.6 is 0 Å². The lowest BCUT2D eigenvalue weighted by atomic mass is 9.96. The minimum atomic E-state index is -0.148. The second kappa shape index (κ2) is 3.07. The normalized spacial score (nSPS) is 21.8. The van der Waals surface area contributed by atoms with Crippen molar-refractivity contribution in [2.75, 3.05) is 0 Å². The quantitative estimate of drug-likeness (QED) is 0.678. The zero-order valence-electron chi connectivity index (χ0n) is 9.29. The van der Waals surface area contributed by atoms with Gasteiger partial charge in [0.15, 0.2) is 0 Å². The van der Waals surface area contributed by atoms with E-state index in [1.54, 1.807) is 0 Å². The highest BCUT2D eigenvalue weighted by atomic mass is 16.2. The van der Waals surface area contributed by atoms with Crippen molar-refractivity contribution in [3.8, 4) is 0 Å². The lowest BCUT2D eigenvalue weighted by Gasteiger charge is -2.19. The Hall–Kier alpha value is -1.84. The minimum Gasteiger partial charge on any atom is -0.328 e. The van der Waals surface area contributed by atoms with Crippen LogP contribution in [0.25, 0.3) is 0 Å². The number of carbonyl (C=O) groups is 1. The van der Waals surface area contributed by atoms with Crippen LogP contribution in [-0.4, -0.2) is 17.9 Å². The maximum absolute atomic E-state index is 11.2. The Morgan fingerprint density at radius 2 is 2.06 bits per heavy atom. The van der Waals surface area contributed by atoms with Crippen LogP contribution in [-0.2, 0) is 6.42 Å². The van der Waals surface area contributed by atoms with Crippen LogP contribution in [0, 0.1) is 13.8 Å². The molecule has 2 N–H and O–H groups in total. The monoisotopic (exact) mass is 215 g/mol. The molecule has 1 unspecified atom stereocenters. The number of aryl methyl sites for hydroxylation is 2. The van der Waals surface area contributed by atoms with Crippen LogP contribution in [0.3, 0.4) is 0 Å². The van der Waals surface area contributed by atoms with Gasteiger partial charge in [-0.05, 0) is 36.6 Å². The van der Waals surface area contributed by atoms with E-state index in [1.807, 2.05) is 0 Å². The SMILES string of the molecule is Cc1cc2c(cc1C)N=C1NC(=O)NC1C2. The molecule has 2 aliphatic rings. The van der Waals surface area contributed by atoms with Crippen molar-refractivity contribution in [1.82, 2.24) is 10.6 Å². The van der Waals surface area contributed by atoms with E-state index in [9.17, 15) is 4.79 Å². The summed E-state index contributed by atoms with van der Waals surface area (Å²) in [5.41, 5.74) is 4.70. The molecule has 82 valence electrons. The topological polar surface area (TPSA) is 53.5 Å². The Morgan fingerprint density at radius 1 is 1.31 bits per heavy atom. The number of aliphatic imine (C=N–C) groups is 1. The third kappa shape index (κ3) is 1.30. The third-order valence-electron chi connectivity index (χ3n) is 3.24. The van der Waals surface area contributed by atoms with E-state index < -0.39 is 0 Å². The molecule has 1 fully saturated rings. The molecule has 0 spiro atoms. The number of amidine groups is 1. The second-order valence-corrected chi connectivity index (χ2v) is 4.42. The summed E-state index contributed by atoms with van der Waals surface area (Å²) in [7, 11) is 0. The largest absolute Gasteiger partial charge is 0.328 e. The number of nitrogens with zero attached hydrogens (tertiary/aromatic N) is 1. The smallest absolute Gasteiger partial charge is 0.320 e. The molecule has 2 heterocycles. The molecule has 2 aliphatic heterocycles. The zero-order valence-corrected chi connectivity index (χ0v) is 9.29. The molecule has 0 aliphatic carbocycles. The highest BCUT2D eigenvalue weighted by molar-refractivity contribution is 6.09. The van der Waals surface area contributed by atoms with Gasteiger partial charge in [0.05, 0.1) is 11.7 Å². The predicted molar refractivity (Wildman–Crippen MR) is 62.2 cm³/mol. The fourth-order valence-corrected chi connectivity index (χ4v) is 2.20. The summed E-state index contributed by atoms with van der Waals surface area (Å²) in [4.78, 5) is 15.7. The highest BCUT2D eigenvalue weighted by Crippen LogP contribution is 2.29. The first-order valence-corrected chi connectivity index (χ1v) is 5.40. The van der Waals surface area contributed by atoms with Gasteiger partial charge in [-0.1, -0.05) is 6.07 Å². The van der Waals surface area contributed by atoms with Gasteiger partial charge >= 0.3 is 6.03 Å². The Labute approximate surface area is 93.8 Å². The van der Waals surface area contributed by atoms with Crippen molar-refractivity contribution in [2.24, 2.45) is 4.99 Å². The molecule has 1 aromatic rings. The Bertz CT molecular complexity index is 519. The predicted octanol–water partition coefficient (Wildman–Crippen LogP) is 1.57. The van der Waals surface area contributed by atoms with Crippen molar-refractivity contribution in [3.63, 3.8) is 0 Å². The summed E-state index contributed by atoms with van der Waals surface area (Å²) in [6, 6.07) is 4.13. The maximum Gasteiger partial charge on any atom is 0.320 e. The summed E-state index contributed by atoms with van der Waals surface area (Å²) in [5, 5.41) is 5.58. The lowest BCUT2D eigenvalue weighted by molar-refractivity contribution is 0.248. The molecule has 0 radical (unpaired) electrons. The molecule has 1 aromatic carbocycles. The van der Waals surface area contributed by atoms with E-state index in [2.05, 4.69) is 41.6 Å². The molecule has 2 amide bonds. The number of carbonyl (C=O) groups excluding carboxylic acids is 1. The standard InChI is InChI=1S/C12H13N3O/c1-6-3-8-5-10-11(15-12(16)14-10)13-9(8)4-7(6)2/h3-4,10H,5H2,1-2H3,(H2,13,14,15,16). The molecular formula is C12H13N3O. The molecule has 4 heteroatoms. The Balaban J connectivity index is 2.09. The highest BCUT2D eigenvalue weighted by Gasteiger charge is 2.31. The number of fused-ring (bicyclic) bond motifs is 2. The maximum atomic E-state index is 11.2. The summed E-state index contributed by atoms with van der Waals surface area (Å²) >= 11 is 0. The molecule has 16 heavy (non-hydrogen) atoms. The molecule has 3 rings (SSSR count). The summed E-state index contributed by atoms with van der Waals surface area (Å²) in [6.07, 6.45) is 0.827. The van der Waals surface area contributed by atoms with Gasteiger partial charge in [0.1, 0.15) is 5.84 Å². The van der Waals surface area contributed by atoms with E-state index in [0.717, 1.165) is 17.9 Å². The number of hydrogen-bond donors (Lipinski definition) is 2.